The normalized spacial score (nSPS) is 21.4. The number of carbonyl (C=O) groups is 2. The van der Waals surface area contributed by atoms with Crippen LogP contribution in [0.3, 0.4) is 0 Å². The first-order valence-corrected chi connectivity index (χ1v) is 9.56. The number of amides is 3. The lowest BCUT2D eigenvalue weighted by molar-refractivity contribution is -0.117. The standard InChI is InChI=1S/C22H25N3O3/c1-16-6-3-4-9-19(16)25-15-22(13-20(25)26)10-11-24(14-22)21(27)23-17-7-5-8-18(12-17)28-2/h3-9,12H,10-11,13-15H2,1-2H3,(H,23,27)/t22-/m0/s1. The zero-order valence-corrected chi connectivity index (χ0v) is 16.3. The molecule has 0 aliphatic carbocycles. The topological polar surface area (TPSA) is 61.9 Å². The lowest BCUT2D eigenvalue weighted by Gasteiger charge is -2.25. The Morgan fingerprint density at radius 2 is 1.96 bits per heavy atom. The molecule has 2 aromatic carbocycles. The third-order valence-electron chi connectivity index (χ3n) is 5.77. The lowest BCUT2D eigenvalue weighted by atomic mass is 9.86. The number of ether oxygens (including phenoxy) is 1. The zero-order valence-electron chi connectivity index (χ0n) is 16.3. The van der Waals surface area contributed by atoms with Crippen LogP contribution in [0.4, 0.5) is 16.2 Å². The summed E-state index contributed by atoms with van der Waals surface area (Å²) in [5.41, 5.74) is 2.61. The largest absolute Gasteiger partial charge is 0.497 e. The summed E-state index contributed by atoms with van der Waals surface area (Å²) in [4.78, 5) is 29.1. The van der Waals surface area contributed by atoms with Gasteiger partial charge in [-0.25, -0.2) is 4.79 Å². The minimum absolute atomic E-state index is 0.132. The number of nitrogens with zero attached hydrogens (tertiary/aromatic N) is 2. The molecule has 0 saturated carbocycles. The summed E-state index contributed by atoms with van der Waals surface area (Å²) in [5, 5.41) is 2.94. The smallest absolute Gasteiger partial charge is 0.321 e. The van der Waals surface area contributed by atoms with E-state index in [1.165, 1.54) is 0 Å². The number of aryl methyl sites for hydroxylation is 1. The van der Waals surface area contributed by atoms with E-state index in [2.05, 4.69) is 5.32 Å². The van der Waals surface area contributed by atoms with Gasteiger partial charge < -0.3 is 19.9 Å². The van der Waals surface area contributed by atoms with Gasteiger partial charge in [0.1, 0.15) is 5.75 Å². The van der Waals surface area contributed by atoms with Crippen LogP contribution < -0.4 is 15.0 Å². The molecular formula is C22H25N3O3. The van der Waals surface area contributed by atoms with Crippen LogP contribution in [0.2, 0.25) is 0 Å². The van der Waals surface area contributed by atoms with E-state index in [0.717, 1.165) is 17.7 Å². The molecule has 6 nitrogen and oxygen atoms in total. The molecule has 4 rings (SSSR count). The predicted octanol–water partition coefficient (Wildman–Crippen LogP) is 3.66. The number of hydrogen-bond acceptors (Lipinski definition) is 3. The van der Waals surface area contributed by atoms with E-state index in [4.69, 9.17) is 4.74 Å². The van der Waals surface area contributed by atoms with Gasteiger partial charge in [-0.1, -0.05) is 24.3 Å². The molecule has 1 spiro atoms. The van der Waals surface area contributed by atoms with Gasteiger partial charge in [0.2, 0.25) is 5.91 Å². The van der Waals surface area contributed by atoms with E-state index >= 15 is 0 Å². The average molecular weight is 379 g/mol. The maximum absolute atomic E-state index is 12.7. The van der Waals surface area contributed by atoms with Gasteiger partial charge in [0.25, 0.3) is 0 Å². The second-order valence-corrected chi connectivity index (χ2v) is 7.78. The van der Waals surface area contributed by atoms with Gasteiger partial charge in [-0.15, -0.1) is 0 Å². The number of carbonyl (C=O) groups excluding carboxylic acids is 2. The predicted molar refractivity (Wildman–Crippen MR) is 109 cm³/mol. The summed E-state index contributed by atoms with van der Waals surface area (Å²) in [6.45, 7) is 3.94. The molecule has 0 bridgehead atoms. The highest BCUT2D eigenvalue weighted by Gasteiger charge is 2.49. The molecule has 3 amide bonds. The highest BCUT2D eigenvalue weighted by molar-refractivity contribution is 5.97. The van der Waals surface area contributed by atoms with Crippen molar-refractivity contribution in [3.63, 3.8) is 0 Å². The number of hydrogen-bond donors (Lipinski definition) is 1. The summed E-state index contributed by atoms with van der Waals surface area (Å²) < 4.78 is 5.21. The van der Waals surface area contributed by atoms with Crippen molar-refractivity contribution in [3.8, 4) is 5.75 Å². The molecule has 2 aliphatic rings. The molecule has 1 atom stereocenters. The Kier molecular flexibility index (Phi) is 4.71. The highest BCUT2D eigenvalue weighted by Crippen LogP contribution is 2.42. The summed E-state index contributed by atoms with van der Waals surface area (Å²) >= 11 is 0. The monoisotopic (exact) mass is 379 g/mol. The van der Waals surface area contributed by atoms with Crippen molar-refractivity contribution in [2.75, 3.05) is 37.0 Å². The van der Waals surface area contributed by atoms with Gasteiger partial charge >= 0.3 is 6.03 Å². The van der Waals surface area contributed by atoms with Crippen molar-refractivity contribution in [1.29, 1.82) is 0 Å². The van der Waals surface area contributed by atoms with E-state index in [1.54, 1.807) is 13.2 Å². The molecule has 6 heteroatoms. The molecular weight excluding hydrogens is 354 g/mol. The fourth-order valence-corrected chi connectivity index (χ4v) is 4.27. The number of anilines is 2. The summed E-state index contributed by atoms with van der Waals surface area (Å²) in [7, 11) is 1.60. The van der Waals surface area contributed by atoms with E-state index in [1.807, 2.05) is 59.2 Å². The molecule has 0 aromatic heterocycles. The SMILES string of the molecule is COc1cccc(NC(=O)N2CC[C@]3(CC(=O)N(c4ccccc4C)C3)C2)c1. The number of para-hydroxylation sites is 1. The Bertz CT molecular complexity index is 913. The Labute approximate surface area is 165 Å². The maximum Gasteiger partial charge on any atom is 0.321 e. The van der Waals surface area contributed by atoms with Crippen molar-refractivity contribution in [1.82, 2.24) is 4.90 Å². The van der Waals surface area contributed by atoms with Crippen LogP contribution in [-0.2, 0) is 4.79 Å². The first-order chi connectivity index (χ1) is 13.5. The average Bonchev–Trinajstić information content (AvgIpc) is 3.25. The Morgan fingerprint density at radius 3 is 2.75 bits per heavy atom. The van der Waals surface area contributed by atoms with Crippen LogP contribution in [-0.4, -0.2) is 43.6 Å². The van der Waals surface area contributed by atoms with E-state index < -0.39 is 0 Å². The van der Waals surface area contributed by atoms with E-state index in [-0.39, 0.29) is 17.4 Å². The maximum atomic E-state index is 12.7. The number of rotatable bonds is 3. The third kappa shape index (κ3) is 3.42. The minimum Gasteiger partial charge on any atom is -0.497 e. The number of urea groups is 1. The molecule has 28 heavy (non-hydrogen) atoms. The van der Waals surface area contributed by atoms with Crippen LogP contribution in [0.15, 0.2) is 48.5 Å². The molecule has 2 aliphatic heterocycles. The zero-order chi connectivity index (χ0) is 19.7. The van der Waals surface area contributed by atoms with Crippen molar-refractivity contribution < 1.29 is 14.3 Å². The van der Waals surface area contributed by atoms with Gasteiger partial charge in [0, 0.05) is 48.9 Å². The Balaban J connectivity index is 1.44. The molecule has 2 saturated heterocycles. The second kappa shape index (κ2) is 7.19. The molecule has 0 radical (unpaired) electrons. The van der Waals surface area contributed by atoms with Gasteiger partial charge in [0.15, 0.2) is 0 Å². The second-order valence-electron chi connectivity index (χ2n) is 7.78. The molecule has 2 heterocycles. The number of benzene rings is 2. The summed E-state index contributed by atoms with van der Waals surface area (Å²) in [6.07, 6.45) is 1.33. The van der Waals surface area contributed by atoms with Crippen molar-refractivity contribution in [3.05, 3.63) is 54.1 Å². The molecule has 2 fully saturated rings. The van der Waals surface area contributed by atoms with Crippen molar-refractivity contribution >= 4 is 23.3 Å². The van der Waals surface area contributed by atoms with Gasteiger partial charge in [0.05, 0.1) is 7.11 Å². The summed E-state index contributed by atoms with van der Waals surface area (Å²) in [5.74, 6) is 0.843. The van der Waals surface area contributed by atoms with Crippen LogP contribution in [0.25, 0.3) is 0 Å². The quantitative estimate of drug-likeness (QED) is 0.885. The Hall–Kier alpha value is -3.02. The first kappa shape index (κ1) is 18.3. The lowest BCUT2D eigenvalue weighted by Crippen LogP contribution is -2.36. The van der Waals surface area contributed by atoms with E-state index in [0.29, 0.717) is 37.5 Å². The fraction of sp³-hybridized carbons (Fsp3) is 0.364. The van der Waals surface area contributed by atoms with E-state index in [9.17, 15) is 9.59 Å². The van der Waals surface area contributed by atoms with Crippen molar-refractivity contribution in [2.24, 2.45) is 5.41 Å². The van der Waals surface area contributed by atoms with Crippen LogP contribution in [0.1, 0.15) is 18.4 Å². The van der Waals surface area contributed by atoms with Crippen LogP contribution in [0, 0.1) is 12.3 Å². The fourth-order valence-electron chi connectivity index (χ4n) is 4.27. The molecule has 2 aromatic rings. The van der Waals surface area contributed by atoms with Crippen LogP contribution >= 0.6 is 0 Å². The molecule has 146 valence electrons. The first-order valence-electron chi connectivity index (χ1n) is 9.56. The minimum atomic E-state index is -0.162. The van der Waals surface area contributed by atoms with Crippen molar-refractivity contribution in [2.45, 2.75) is 19.8 Å². The number of nitrogens with one attached hydrogen (secondary N) is 1. The van der Waals surface area contributed by atoms with Crippen LogP contribution in [0.5, 0.6) is 5.75 Å². The molecule has 1 N–H and O–H groups in total. The van der Waals surface area contributed by atoms with Gasteiger partial charge in [-0.3, -0.25) is 4.79 Å². The summed E-state index contributed by atoms with van der Waals surface area (Å²) in [6, 6.07) is 15.1. The highest BCUT2D eigenvalue weighted by atomic mass is 16.5. The number of methoxy groups -OCH3 is 1. The number of likely N-dealkylation sites (tertiary alicyclic amines) is 1. The van der Waals surface area contributed by atoms with Gasteiger partial charge in [-0.2, -0.15) is 0 Å². The third-order valence-corrected chi connectivity index (χ3v) is 5.77. The molecule has 0 unspecified atom stereocenters. The Morgan fingerprint density at radius 1 is 1.14 bits per heavy atom. The van der Waals surface area contributed by atoms with Gasteiger partial charge in [-0.05, 0) is 37.1 Å².